The summed E-state index contributed by atoms with van der Waals surface area (Å²) in [6.45, 7) is 0. The molecule has 0 heterocycles. The normalized spacial score (nSPS) is 31.8. The van der Waals surface area contributed by atoms with Gasteiger partial charge in [0.15, 0.2) is 0 Å². The molecule has 4 nitrogen and oxygen atoms in total. The van der Waals surface area contributed by atoms with E-state index >= 15 is 0 Å². The first kappa shape index (κ1) is 13.2. The maximum absolute atomic E-state index is 12.5. The van der Waals surface area contributed by atoms with Crippen LogP contribution in [0.4, 0.5) is 5.69 Å². The molecule has 3 aliphatic rings. The fourth-order valence-corrected chi connectivity index (χ4v) is 3.93. The van der Waals surface area contributed by atoms with E-state index in [2.05, 4.69) is 5.32 Å². The van der Waals surface area contributed by atoms with Crippen LogP contribution in [0.1, 0.15) is 25.7 Å². The molecule has 3 fully saturated rings. The predicted molar refractivity (Wildman–Crippen MR) is 75.1 cm³/mol. The second-order valence-electron chi connectivity index (χ2n) is 5.92. The quantitative estimate of drug-likeness (QED) is 0.890. The first-order valence-corrected chi connectivity index (χ1v) is 7.25. The van der Waals surface area contributed by atoms with Crippen LogP contribution < -0.4 is 5.32 Å². The second-order valence-corrected chi connectivity index (χ2v) is 5.92. The minimum absolute atomic E-state index is 0.127. The van der Waals surface area contributed by atoms with Crippen molar-refractivity contribution in [2.24, 2.45) is 23.7 Å². The molecule has 106 valence electrons. The van der Waals surface area contributed by atoms with Gasteiger partial charge in [0.1, 0.15) is 0 Å². The SMILES string of the molecule is O=C(O)C1C2CCC(CC2)C1C(=O)Nc1ccccc1. The Hall–Kier alpha value is -1.84. The number of amides is 1. The number of para-hydroxylation sites is 1. The number of carboxylic acid groups (broad SMARTS) is 1. The first-order valence-electron chi connectivity index (χ1n) is 7.25. The number of hydrogen-bond donors (Lipinski definition) is 2. The van der Waals surface area contributed by atoms with Crippen molar-refractivity contribution in [1.82, 2.24) is 0 Å². The summed E-state index contributed by atoms with van der Waals surface area (Å²) in [6.07, 6.45) is 3.89. The van der Waals surface area contributed by atoms with E-state index in [0.29, 0.717) is 0 Å². The Kier molecular flexibility index (Phi) is 3.47. The molecule has 1 aromatic carbocycles. The molecule has 3 aliphatic carbocycles. The van der Waals surface area contributed by atoms with E-state index in [0.717, 1.165) is 31.4 Å². The van der Waals surface area contributed by atoms with Gasteiger partial charge in [0.05, 0.1) is 11.8 Å². The third-order valence-electron chi connectivity index (χ3n) is 4.85. The molecular weight excluding hydrogens is 254 g/mol. The lowest BCUT2D eigenvalue weighted by atomic mass is 9.58. The van der Waals surface area contributed by atoms with E-state index in [4.69, 9.17) is 0 Å². The van der Waals surface area contributed by atoms with Crippen molar-refractivity contribution >= 4 is 17.6 Å². The fraction of sp³-hybridized carbons (Fsp3) is 0.500. The van der Waals surface area contributed by atoms with Gasteiger partial charge in [0.2, 0.25) is 5.91 Å². The van der Waals surface area contributed by atoms with Crippen LogP contribution in [0.15, 0.2) is 30.3 Å². The van der Waals surface area contributed by atoms with Gasteiger partial charge in [0.25, 0.3) is 0 Å². The Balaban J connectivity index is 1.80. The Morgan fingerprint density at radius 2 is 1.50 bits per heavy atom. The molecule has 0 radical (unpaired) electrons. The number of carboxylic acids is 1. The number of carbonyl (C=O) groups excluding carboxylic acids is 1. The maximum Gasteiger partial charge on any atom is 0.307 e. The molecule has 1 aromatic rings. The summed E-state index contributed by atoms with van der Waals surface area (Å²) in [5.74, 6) is -1.43. The lowest BCUT2D eigenvalue weighted by molar-refractivity contribution is -0.156. The first-order chi connectivity index (χ1) is 9.66. The van der Waals surface area contributed by atoms with Crippen molar-refractivity contribution in [2.75, 3.05) is 5.32 Å². The number of rotatable bonds is 3. The highest BCUT2D eigenvalue weighted by Crippen LogP contribution is 2.49. The van der Waals surface area contributed by atoms with Crippen LogP contribution >= 0.6 is 0 Å². The summed E-state index contributed by atoms with van der Waals surface area (Å²) >= 11 is 0. The van der Waals surface area contributed by atoms with Crippen molar-refractivity contribution in [2.45, 2.75) is 25.7 Å². The predicted octanol–water partition coefficient (Wildman–Crippen LogP) is 2.76. The lowest BCUT2D eigenvalue weighted by Crippen LogP contribution is -2.49. The van der Waals surface area contributed by atoms with Gasteiger partial charge in [0, 0.05) is 5.69 Å². The Morgan fingerprint density at radius 3 is 2.05 bits per heavy atom. The lowest BCUT2D eigenvalue weighted by Gasteiger charge is -2.45. The summed E-state index contributed by atoms with van der Waals surface area (Å²) in [5.41, 5.74) is 0.739. The van der Waals surface area contributed by atoms with E-state index in [-0.39, 0.29) is 23.7 Å². The summed E-state index contributed by atoms with van der Waals surface area (Å²) in [4.78, 5) is 24.0. The van der Waals surface area contributed by atoms with Crippen LogP contribution in [-0.2, 0) is 9.59 Å². The maximum atomic E-state index is 12.5. The number of aliphatic carboxylic acids is 1. The van der Waals surface area contributed by atoms with Crippen LogP contribution in [0, 0.1) is 23.7 Å². The number of fused-ring (bicyclic) bond motifs is 3. The second kappa shape index (κ2) is 5.27. The van der Waals surface area contributed by atoms with Crippen molar-refractivity contribution in [3.8, 4) is 0 Å². The standard InChI is InChI=1S/C16H19NO3/c18-15(17-12-4-2-1-3-5-12)13-10-6-8-11(9-7-10)14(13)16(19)20/h1-5,10-11,13-14H,6-9H2,(H,17,18)(H,19,20). The number of anilines is 1. The molecule has 0 spiro atoms. The van der Waals surface area contributed by atoms with Gasteiger partial charge < -0.3 is 10.4 Å². The van der Waals surface area contributed by atoms with Crippen molar-refractivity contribution in [3.05, 3.63) is 30.3 Å². The molecule has 2 unspecified atom stereocenters. The highest BCUT2D eigenvalue weighted by atomic mass is 16.4. The highest BCUT2D eigenvalue weighted by Gasteiger charge is 2.50. The minimum atomic E-state index is -0.812. The highest BCUT2D eigenvalue weighted by molar-refractivity contribution is 5.95. The summed E-state index contributed by atoms with van der Waals surface area (Å²) in [7, 11) is 0. The van der Waals surface area contributed by atoms with E-state index in [1.807, 2.05) is 30.3 Å². The summed E-state index contributed by atoms with van der Waals surface area (Å²) in [5, 5.41) is 12.3. The van der Waals surface area contributed by atoms with Crippen LogP contribution in [0.2, 0.25) is 0 Å². The largest absolute Gasteiger partial charge is 0.481 e. The number of hydrogen-bond acceptors (Lipinski definition) is 2. The Morgan fingerprint density at radius 1 is 0.950 bits per heavy atom. The molecule has 2 bridgehead atoms. The molecule has 0 saturated heterocycles. The Bertz CT molecular complexity index is 506. The number of nitrogens with one attached hydrogen (secondary N) is 1. The molecule has 4 rings (SSSR count). The molecule has 0 aromatic heterocycles. The molecular formula is C16H19NO3. The van der Waals surface area contributed by atoms with E-state index in [1.165, 1.54) is 0 Å². The minimum Gasteiger partial charge on any atom is -0.481 e. The molecule has 0 aliphatic heterocycles. The van der Waals surface area contributed by atoms with Gasteiger partial charge in [-0.2, -0.15) is 0 Å². The molecule has 2 atom stereocenters. The molecule has 20 heavy (non-hydrogen) atoms. The number of carbonyl (C=O) groups is 2. The third kappa shape index (κ3) is 2.30. The zero-order chi connectivity index (χ0) is 14.1. The monoisotopic (exact) mass is 273 g/mol. The van der Waals surface area contributed by atoms with Gasteiger partial charge >= 0.3 is 5.97 Å². The third-order valence-corrected chi connectivity index (χ3v) is 4.85. The van der Waals surface area contributed by atoms with Crippen LogP contribution in [-0.4, -0.2) is 17.0 Å². The molecule has 2 N–H and O–H groups in total. The molecule has 3 saturated carbocycles. The Labute approximate surface area is 118 Å². The smallest absolute Gasteiger partial charge is 0.307 e. The van der Waals surface area contributed by atoms with E-state index < -0.39 is 11.9 Å². The average Bonchev–Trinajstić information content (AvgIpc) is 2.48. The van der Waals surface area contributed by atoms with E-state index in [9.17, 15) is 14.7 Å². The summed E-state index contributed by atoms with van der Waals surface area (Å²) in [6, 6.07) is 9.26. The average molecular weight is 273 g/mol. The summed E-state index contributed by atoms with van der Waals surface area (Å²) < 4.78 is 0. The molecule has 1 amide bonds. The van der Waals surface area contributed by atoms with Crippen molar-refractivity contribution in [3.63, 3.8) is 0 Å². The van der Waals surface area contributed by atoms with Crippen molar-refractivity contribution < 1.29 is 14.7 Å². The zero-order valence-electron chi connectivity index (χ0n) is 11.3. The van der Waals surface area contributed by atoms with Crippen LogP contribution in [0.3, 0.4) is 0 Å². The van der Waals surface area contributed by atoms with Crippen LogP contribution in [0.25, 0.3) is 0 Å². The van der Waals surface area contributed by atoms with Gasteiger partial charge in [-0.05, 0) is 49.7 Å². The fourth-order valence-electron chi connectivity index (χ4n) is 3.93. The number of benzene rings is 1. The van der Waals surface area contributed by atoms with Crippen molar-refractivity contribution in [1.29, 1.82) is 0 Å². The topological polar surface area (TPSA) is 66.4 Å². The van der Waals surface area contributed by atoms with Gasteiger partial charge in [-0.1, -0.05) is 18.2 Å². The van der Waals surface area contributed by atoms with Gasteiger partial charge in [-0.25, -0.2) is 0 Å². The van der Waals surface area contributed by atoms with Gasteiger partial charge in [-0.3, -0.25) is 9.59 Å². The van der Waals surface area contributed by atoms with Crippen LogP contribution in [0.5, 0.6) is 0 Å². The zero-order valence-corrected chi connectivity index (χ0v) is 11.3. The van der Waals surface area contributed by atoms with E-state index in [1.54, 1.807) is 0 Å². The molecule has 4 heteroatoms. The van der Waals surface area contributed by atoms with Gasteiger partial charge in [-0.15, -0.1) is 0 Å².